The third kappa shape index (κ3) is 1.82. The standard InChI is InChI=1S/C22H13NS2/c1-4-8-19-15(5-1)13-20(25-19)23-17-7-3-2-6-16(17)21-18(23)10-9-14-11-12-24-22(14)21/h1-13H. The van der Waals surface area contributed by atoms with Crippen LogP contribution in [0.1, 0.15) is 0 Å². The van der Waals surface area contributed by atoms with Gasteiger partial charge in [0.2, 0.25) is 0 Å². The third-order valence-electron chi connectivity index (χ3n) is 4.89. The summed E-state index contributed by atoms with van der Waals surface area (Å²) in [5, 5.41) is 8.82. The van der Waals surface area contributed by atoms with Crippen molar-refractivity contribution in [3.05, 3.63) is 78.2 Å². The van der Waals surface area contributed by atoms with E-state index in [-0.39, 0.29) is 0 Å². The summed E-state index contributed by atoms with van der Waals surface area (Å²) in [5.74, 6) is 0. The van der Waals surface area contributed by atoms with Gasteiger partial charge in [0.05, 0.1) is 11.0 Å². The minimum absolute atomic E-state index is 1.28. The maximum absolute atomic E-state index is 2.43. The molecule has 6 aromatic rings. The smallest absolute Gasteiger partial charge is 0.101 e. The first-order valence-electron chi connectivity index (χ1n) is 8.28. The highest BCUT2D eigenvalue weighted by Gasteiger charge is 2.16. The highest BCUT2D eigenvalue weighted by atomic mass is 32.1. The molecule has 0 saturated heterocycles. The predicted molar refractivity (Wildman–Crippen MR) is 112 cm³/mol. The van der Waals surface area contributed by atoms with Crippen molar-refractivity contribution in [1.82, 2.24) is 4.57 Å². The van der Waals surface area contributed by atoms with Crippen molar-refractivity contribution in [2.24, 2.45) is 0 Å². The van der Waals surface area contributed by atoms with Crippen molar-refractivity contribution < 1.29 is 0 Å². The van der Waals surface area contributed by atoms with Gasteiger partial charge in [-0.2, -0.15) is 0 Å². The van der Waals surface area contributed by atoms with E-state index < -0.39 is 0 Å². The molecule has 25 heavy (non-hydrogen) atoms. The average Bonchev–Trinajstić information content (AvgIpc) is 3.35. The van der Waals surface area contributed by atoms with Crippen molar-refractivity contribution in [3.63, 3.8) is 0 Å². The highest BCUT2D eigenvalue weighted by Crippen LogP contribution is 2.40. The zero-order valence-electron chi connectivity index (χ0n) is 13.3. The van der Waals surface area contributed by atoms with Crippen LogP contribution in [0.5, 0.6) is 0 Å². The van der Waals surface area contributed by atoms with E-state index in [1.54, 1.807) is 0 Å². The number of fused-ring (bicyclic) bond motifs is 6. The van der Waals surface area contributed by atoms with Crippen LogP contribution in [-0.2, 0) is 0 Å². The van der Waals surface area contributed by atoms with Crippen molar-refractivity contribution in [2.75, 3.05) is 0 Å². The molecule has 1 nitrogen and oxygen atoms in total. The van der Waals surface area contributed by atoms with Gasteiger partial charge in [0.25, 0.3) is 0 Å². The van der Waals surface area contributed by atoms with Gasteiger partial charge in [-0.05, 0) is 46.5 Å². The summed E-state index contributed by atoms with van der Waals surface area (Å²) in [7, 11) is 0. The van der Waals surface area contributed by atoms with Crippen LogP contribution in [-0.4, -0.2) is 4.57 Å². The van der Waals surface area contributed by atoms with Gasteiger partial charge in [-0.25, -0.2) is 0 Å². The molecule has 0 aliphatic carbocycles. The van der Waals surface area contributed by atoms with Crippen LogP contribution in [0.25, 0.3) is 47.0 Å². The fourth-order valence-electron chi connectivity index (χ4n) is 3.79. The van der Waals surface area contributed by atoms with Gasteiger partial charge < -0.3 is 4.57 Å². The molecule has 0 spiro atoms. The molecule has 0 unspecified atom stereocenters. The summed E-state index contributed by atoms with van der Waals surface area (Å²) in [4.78, 5) is 0. The molecule has 3 aromatic heterocycles. The monoisotopic (exact) mass is 355 g/mol. The van der Waals surface area contributed by atoms with Crippen molar-refractivity contribution in [3.8, 4) is 5.00 Å². The van der Waals surface area contributed by atoms with E-state index in [0.29, 0.717) is 0 Å². The number of aromatic nitrogens is 1. The molecule has 6 rings (SSSR count). The number of nitrogens with zero attached hydrogens (tertiary/aromatic N) is 1. The van der Waals surface area contributed by atoms with Crippen molar-refractivity contribution >= 4 is 64.7 Å². The first-order chi connectivity index (χ1) is 12.4. The van der Waals surface area contributed by atoms with Gasteiger partial charge in [0.1, 0.15) is 5.00 Å². The molecular weight excluding hydrogens is 342 g/mol. The van der Waals surface area contributed by atoms with Crippen LogP contribution >= 0.6 is 22.7 Å². The Morgan fingerprint density at radius 3 is 2.56 bits per heavy atom. The fourth-order valence-corrected chi connectivity index (χ4v) is 5.84. The van der Waals surface area contributed by atoms with Crippen LogP contribution in [0.15, 0.2) is 78.2 Å². The van der Waals surface area contributed by atoms with Gasteiger partial charge in [0.15, 0.2) is 0 Å². The Morgan fingerprint density at radius 2 is 1.60 bits per heavy atom. The average molecular weight is 355 g/mol. The molecule has 0 aliphatic heterocycles. The summed E-state index contributed by atoms with van der Waals surface area (Å²) in [6.45, 7) is 0. The van der Waals surface area contributed by atoms with E-state index in [4.69, 9.17) is 0 Å². The number of thiophene rings is 2. The second-order valence-corrected chi connectivity index (χ2v) is 8.25. The molecule has 0 fully saturated rings. The number of benzene rings is 3. The summed E-state index contributed by atoms with van der Waals surface area (Å²) < 4.78 is 5.14. The lowest BCUT2D eigenvalue weighted by molar-refractivity contribution is 1.23. The first kappa shape index (κ1) is 13.6. The Morgan fingerprint density at radius 1 is 0.720 bits per heavy atom. The van der Waals surface area contributed by atoms with E-state index in [0.717, 1.165) is 0 Å². The van der Waals surface area contributed by atoms with E-state index >= 15 is 0 Å². The number of hydrogen-bond acceptors (Lipinski definition) is 2. The lowest BCUT2D eigenvalue weighted by Gasteiger charge is -2.03. The molecule has 0 bridgehead atoms. The maximum atomic E-state index is 2.43. The second-order valence-electron chi connectivity index (χ2n) is 6.27. The van der Waals surface area contributed by atoms with E-state index in [2.05, 4.69) is 82.7 Å². The van der Waals surface area contributed by atoms with Gasteiger partial charge in [0, 0.05) is 20.2 Å². The molecule has 0 saturated carbocycles. The second kappa shape index (κ2) is 4.94. The molecule has 3 aromatic carbocycles. The van der Waals surface area contributed by atoms with E-state index in [1.165, 1.54) is 47.0 Å². The number of rotatable bonds is 1. The topological polar surface area (TPSA) is 4.93 Å². The summed E-state index contributed by atoms with van der Waals surface area (Å²) in [5.41, 5.74) is 2.58. The van der Waals surface area contributed by atoms with Crippen LogP contribution in [0.3, 0.4) is 0 Å². The molecule has 0 aliphatic rings. The Labute approximate surface area is 152 Å². The van der Waals surface area contributed by atoms with Crippen LogP contribution in [0.4, 0.5) is 0 Å². The Hall–Kier alpha value is -2.62. The summed E-state index contributed by atoms with van der Waals surface area (Å²) >= 11 is 3.69. The molecule has 0 radical (unpaired) electrons. The minimum atomic E-state index is 1.28. The van der Waals surface area contributed by atoms with Crippen LogP contribution < -0.4 is 0 Å². The Balaban J connectivity index is 1.84. The minimum Gasteiger partial charge on any atom is -0.301 e. The normalized spacial score (nSPS) is 12.0. The lowest BCUT2D eigenvalue weighted by atomic mass is 10.1. The Kier molecular flexibility index (Phi) is 2.70. The summed E-state index contributed by atoms with van der Waals surface area (Å²) in [6, 6.07) is 26.4. The van der Waals surface area contributed by atoms with Gasteiger partial charge >= 0.3 is 0 Å². The van der Waals surface area contributed by atoms with Gasteiger partial charge in [-0.1, -0.05) is 42.5 Å². The zero-order valence-corrected chi connectivity index (χ0v) is 14.9. The quantitative estimate of drug-likeness (QED) is 0.293. The molecule has 0 atom stereocenters. The predicted octanol–water partition coefficient (Wildman–Crippen LogP) is 7.21. The third-order valence-corrected chi connectivity index (χ3v) is 6.94. The van der Waals surface area contributed by atoms with Crippen molar-refractivity contribution in [2.45, 2.75) is 0 Å². The van der Waals surface area contributed by atoms with E-state index in [1.807, 2.05) is 22.7 Å². The van der Waals surface area contributed by atoms with Gasteiger partial charge in [-0.15, -0.1) is 22.7 Å². The molecule has 3 heteroatoms. The number of para-hydroxylation sites is 1. The largest absolute Gasteiger partial charge is 0.301 e. The Bertz CT molecular complexity index is 1360. The van der Waals surface area contributed by atoms with Gasteiger partial charge in [-0.3, -0.25) is 0 Å². The van der Waals surface area contributed by atoms with Crippen molar-refractivity contribution in [1.29, 1.82) is 0 Å². The highest BCUT2D eigenvalue weighted by molar-refractivity contribution is 7.21. The number of hydrogen-bond donors (Lipinski definition) is 0. The van der Waals surface area contributed by atoms with Crippen LogP contribution in [0.2, 0.25) is 0 Å². The SMILES string of the molecule is c1ccc2sc(-n3c4ccccc4c4c5sccc5ccc43)cc2c1. The van der Waals surface area contributed by atoms with E-state index in [9.17, 15) is 0 Å². The molecule has 118 valence electrons. The molecule has 0 N–H and O–H groups in total. The van der Waals surface area contributed by atoms with Crippen LogP contribution in [0, 0.1) is 0 Å². The molecule has 3 heterocycles. The first-order valence-corrected chi connectivity index (χ1v) is 9.98. The maximum Gasteiger partial charge on any atom is 0.101 e. The summed E-state index contributed by atoms with van der Waals surface area (Å²) in [6.07, 6.45) is 0. The molecule has 0 amide bonds. The zero-order chi connectivity index (χ0) is 16.4. The lowest BCUT2D eigenvalue weighted by Crippen LogP contribution is -1.89. The molecular formula is C22H13NS2. The fraction of sp³-hybridized carbons (Fsp3) is 0.